The van der Waals surface area contributed by atoms with Crippen LogP contribution in [0, 0.1) is 5.92 Å². The Morgan fingerprint density at radius 3 is 2.71 bits per heavy atom. The standard InChI is InChI=1S/C19H21N7OS/c1-28-16-4-2-3-15(9-16)24-19(27)14-5-7-25(8-6-14)17-10-18(22-12-21-17)26-13-20-11-23-26/h2-4,9-14H,5-8H2,1H3,(H,24,27). The van der Waals surface area contributed by atoms with Crippen molar-refractivity contribution in [3.05, 3.63) is 49.3 Å². The highest BCUT2D eigenvalue weighted by atomic mass is 32.2. The zero-order valence-corrected chi connectivity index (χ0v) is 16.3. The molecule has 0 radical (unpaired) electrons. The van der Waals surface area contributed by atoms with Crippen LogP contribution in [-0.2, 0) is 4.79 Å². The molecule has 0 atom stereocenters. The average molecular weight is 395 g/mol. The van der Waals surface area contributed by atoms with Gasteiger partial charge in [-0.3, -0.25) is 4.79 Å². The lowest BCUT2D eigenvalue weighted by Gasteiger charge is -2.32. The number of piperidine rings is 1. The van der Waals surface area contributed by atoms with Crippen LogP contribution in [0.1, 0.15) is 12.8 Å². The van der Waals surface area contributed by atoms with Crippen LogP contribution < -0.4 is 10.2 Å². The van der Waals surface area contributed by atoms with Crippen molar-refractivity contribution in [1.82, 2.24) is 24.7 Å². The number of anilines is 2. The molecule has 0 saturated carbocycles. The van der Waals surface area contributed by atoms with Crippen molar-refractivity contribution in [1.29, 1.82) is 0 Å². The number of rotatable bonds is 5. The molecule has 1 aromatic carbocycles. The van der Waals surface area contributed by atoms with Gasteiger partial charge in [-0.1, -0.05) is 6.07 Å². The fourth-order valence-corrected chi connectivity index (χ4v) is 3.74. The summed E-state index contributed by atoms with van der Waals surface area (Å²) in [5, 5.41) is 7.16. The summed E-state index contributed by atoms with van der Waals surface area (Å²) in [4.78, 5) is 28.5. The van der Waals surface area contributed by atoms with E-state index < -0.39 is 0 Å². The summed E-state index contributed by atoms with van der Waals surface area (Å²) >= 11 is 1.66. The number of hydrogen-bond donors (Lipinski definition) is 1. The van der Waals surface area contributed by atoms with Crippen molar-refractivity contribution in [3.63, 3.8) is 0 Å². The van der Waals surface area contributed by atoms with Gasteiger partial charge in [0.2, 0.25) is 5.91 Å². The summed E-state index contributed by atoms with van der Waals surface area (Å²) < 4.78 is 1.61. The van der Waals surface area contributed by atoms with Crippen LogP contribution in [0.5, 0.6) is 0 Å². The van der Waals surface area contributed by atoms with E-state index in [2.05, 4.69) is 30.3 Å². The van der Waals surface area contributed by atoms with E-state index in [0.29, 0.717) is 5.82 Å². The first kappa shape index (κ1) is 18.4. The van der Waals surface area contributed by atoms with Crippen LogP contribution in [0.4, 0.5) is 11.5 Å². The highest BCUT2D eigenvalue weighted by molar-refractivity contribution is 7.98. The molecule has 9 heteroatoms. The lowest BCUT2D eigenvalue weighted by molar-refractivity contribution is -0.120. The van der Waals surface area contributed by atoms with Gasteiger partial charge in [0.1, 0.15) is 24.8 Å². The van der Waals surface area contributed by atoms with E-state index in [0.717, 1.165) is 42.3 Å². The first-order valence-corrected chi connectivity index (χ1v) is 10.3. The van der Waals surface area contributed by atoms with E-state index >= 15 is 0 Å². The predicted octanol–water partition coefficient (Wildman–Crippen LogP) is 2.63. The monoisotopic (exact) mass is 395 g/mol. The minimum absolute atomic E-state index is 0.00538. The number of benzene rings is 1. The summed E-state index contributed by atoms with van der Waals surface area (Å²) in [6.45, 7) is 1.55. The van der Waals surface area contributed by atoms with Crippen molar-refractivity contribution in [2.24, 2.45) is 5.92 Å². The Kier molecular flexibility index (Phi) is 5.52. The molecule has 1 saturated heterocycles. The number of nitrogens with one attached hydrogen (secondary N) is 1. The molecule has 4 rings (SSSR count). The van der Waals surface area contributed by atoms with Crippen LogP contribution in [0.3, 0.4) is 0 Å². The molecule has 144 valence electrons. The maximum Gasteiger partial charge on any atom is 0.227 e. The van der Waals surface area contributed by atoms with Crippen molar-refractivity contribution in [3.8, 4) is 5.82 Å². The topological polar surface area (TPSA) is 88.8 Å². The molecule has 0 aliphatic carbocycles. The van der Waals surface area contributed by atoms with Crippen LogP contribution in [0.25, 0.3) is 5.82 Å². The number of hydrogen-bond acceptors (Lipinski definition) is 7. The third-order valence-corrected chi connectivity index (χ3v) is 5.54. The molecule has 3 heterocycles. The fraction of sp³-hybridized carbons (Fsp3) is 0.316. The molecule has 0 spiro atoms. The summed E-state index contributed by atoms with van der Waals surface area (Å²) in [5.41, 5.74) is 0.854. The minimum atomic E-state index is 0.00538. The number of nitrogens with zero attached hydrogens (tertiary/aromatic N) is 6. The number of amides is 1. The molecule has 3 aromatic rings. The molecule has 0 unspecified atom stereocenters. The Balaban J connectivity index is 1.37. The molecule has 2 aromatic heterocycles. The second-order valence-electron chi connectivity index (χ2n) is 6.56. The van der Waals surface area contributed by atoms with Gasteiger partial charge < -0.3 is 10.2 Å². The third kappa shape index (κ3) is 4.14. The van der Waals surface area contributed by atoms with Gasteiger partial charge in [0, 0.05) is 35.7 Å². The summed E-state index contributed by atoms with van der Waals surface area (Å²) in [5.74, 6) is 1.61. The van der Waals surface area contributed by atoms with Crippen LogP contribution in [0.2, 0.25) is 0 Å². The summed E-state index contributed by atoms with van der Waals surface area (Å²) in [7, 11) is 0. The lowest BCUT2D eigenvalue weighted by Crippen LogP contribution is -2.38. The Labute approximate surface area is 167 Å². The molecular formula is C19H21N7OS. The quantitative estimate of drug-likeness (QED) is 0.664. The molecule has 1 aliphatic heterocycles. The molecular weight excluding hydrogens is 374 g/mol. The molecule has 0 bridgehead atoms. The number of thioether (sulfide) groups is 1. The molecule has 1 N–H and O–H groups in total. The van der Waals surface area contributed by atoms with Gasteiger partial charge in [0.15, 0.2) is 5.82 Å². The first-order valence-electron chi connectivity index (χ1n) is 9.10. The van der Waals surface area contributed by atoms with E-state index in [-0.39, 0.29) is 11.8 Å². The number of carbonyl (C=O) groups excluding carboxylic acids is 1. The Hall–Kier alpha value is -2.94. The van der Waals surface area contributed by atoms with Gasteiger partial charge in [0.05, 0.1) is 0 Å². The SMILES string of the molecule is CSc1cccc(NC(=O)C2CCN(c3cc(-n4cncn4)ncn3)CC2)c1. The van der Waals surface area contributed by atoms with Crippen LogP contribution in [-0.4, -0.2) is 50.0 Å². The second-order valence-corrected chi connectivity index (χ2v) is 7.44. The van der Waals surface area contributed by atoms with Gasteiger partial charge in [-0.05, 0) is 37.3 Å². The van der Waals surface area contributed by atoms with Crippen LogP contribution >= 0.6 is 11.8 Å². The van der Waals surface area contributed by atoms with Gasteiger partial charge in [0.25, 0.3) is 0 Å². The second kappa shape index (κ2) is 8.39. The van der Waals surface area contributed by atoms with Gasteiger partial charge in [-0.25, -0.2) is 19.6 Å². The normalized spacial score (nSPS) is 14.8. The lowest BCUT2D eigenvalue weighted by atomic mass is 9.96. The molecule has 1 fully saturated rings. The zero-order chi connectivity index (χ0) is 19.3. The van der Waals surface area contributed by atoms with Gasteiger partial charge in [-0.2, -0.15) is 5.10 Å². The molecule has 28 heavy (non-hydrogen) atoms. The van der Waals surface area contributed by atoms with Crippen LogP contribution in [0.15, 0.2) is 54.2 Å². The highest BCUT2D eigenvalue weighted by Gasteiger charge is 2.26. The van der Waals surface area contributed by atoms with E-state index in [1.165, 1.54) is 12.7 Å². The summed E-state index contributed by atoms with van der Waals surface area (Å²) in [6.07, 6.45) is 8.21. The zero-order valence-electron chi connectivity index (χ0n) is 15.5. The van der Waals surface area contributed by atoms with Crippen molar-refractivity contribution >= 4 is 29.2 Å². The Morgan fingerprint density at radius 2 is 1.96 bits per heavy atom. The van der Waals surface area contributed by atoms with E-state index in [9.17, 15) is 4.79 Å². The Bertz CT molecular complexity index is 939. The van der Waals surface area contributed by atoms with E-state index in [4.69, 9.17) is 0 Å². The maximum absolute atomic E-state index is 12.6. The van der Waals surface area contributed by atoms with Gasteiger partial charge >= 0.3 is 0 Å². The fourth-order valence-electron chi connectivity index (χ4n) is 3.28. The first-order chi connectivity index (χ1) is 13.7. The largest absolute Gasteiger partial charge is 0.356 e. The van der Waals surface area contributed by atoms with E-state index in [1.54, 1.807) is 22.8 Å². The summed E-state index contributed by atoms with van der Waals surface area (Å²) in [6, 6.07) is 9.83. The third-order valence-electron chi connectivity index (χ3n) is 4.82. The molecule has 1 aliphatic rings. The van der Waals surface area contributed by atoms with Gasteiger partial charge in [-0.15, -0.1) is 11.8 Å². The minimum Gasteiger partial charge on any atom is -0.356 e. The number of aromatic nitrogens is 5. The highest BCUT2D eigenvalue weighted by Crippen LogP contribution is 2.25. The Morgan fingerprint density at radius 1 is 1.14 bits per heavy atom. The van der Waals surface area contributed by atoms with Crippen molar-refractivity contribution in [2.45, 2.75) is 17.7 Å². The predicted molar refractivity (Wildman–Crippen MR) is 109 cm³/mol. The maximum atomic E-state index is 12.6. The smallest absolute Gasteiger partial charge is 0.227 e. The molecule has 1 amide bonds. The average Bonchev–Trinajstić information content (AvgIpc) is 3.29. The van der Waals surface area contributed by atoms with Crippen molar-refractivity contribution < 1.29 is 4.79 Å². The van der Waals surface area contributed by atoms with E-state index in [1.807, 2.05) is 36.6 Å². The van der Waals surface area contributed by atoms with Crippen molar-refractivity contribution in [2.75, 3.05) is 29.6 Å². The number of carbonyl (C=O) groups is 1. The molecule has 8 nitrogen and oxygen atoms in total.